The van der Waals surface area contributed by atoms with E-state index in [0.29, 0.717) is 0 Å². The summed E-state index contributed by atoms with van der Waals surface area (Å²) in [5.41, 5.74) is 0. The molecule has 2 atom stereocenters. The molecule has 1 aliphatic heterocycles. The molecule has 1 saturated carbocycles. The second-order valence-corrected chi connectivity index (χ2v) is 3.39. The molecule has 0 bridgehead atoms. The highest BCUT2D eigenvalue weighted by Crippen LogP contribution is 2.33. The zero-order chi connectivity index (χ0) is 6.10. The quantitative estimate of drug-likeness (QED) is 0.518. The maximum atomic E-state index is 3.58. The van der Waals surface area contributed by atoms with E-state index in [-0.39, 0.29) is 0 Å². The molecule has 1 N–H and O–H groups in total. The largest absolute Gasteiger partial charge is 0.314 e. The van der Waals surface area contributed by atoms with E-state index in [2.05, 4.69) is 5.32 Å². The molecule has 1 saturated heterocycles. The van der Waals surface area contributed by atoms with E-state index in [1.165, 1.54) is 38.6 Å². The smallest absolute Gasteiger partial charge is 0.00954 e. The molecule has 2 rings (SSSR count). The van der Waals surface area contributed by atoms with Crippen LogP contribution in [-0.4, -0.2) is 12.6 Å². The van der Waals surface area contributed by atoms with Gasteiger partial charge >= 0.3 is 0 Å². The molecule has 0 aromatic rings. The van der Waals surface area contributed by atoms with Crippen molar-refractivity contribution in [3.63, 3.8) is 0 Å². The lowest BCUT2D eigenvalue weighted by atomic mass is 9.77. The average Bonchev–Trinajstić information content (AvgIpc) is 1.94. The summed E-state index contributed by atoms with van der Waals surface area (Å²) >= 11 is 0. The van der Waals surface area contributed by atoms with E-state index in [0.717, 1.165) is 12.0 Å². The maximum Gasteiger partial charge on any atom is 0.00954 e. The first-order valence-electron chi connectivity index (χ1n) is 4.20. The third-order valence-electron chi connectivity index (χ3n) is 2.83. The topological polar surface area (TPSA) is 12.0 Å². The first-order valence-corrected chi connectivity index (χ1v) is 4.20. The Balaban J connectivity index is 1.90. The molecule has 0 radical (unpaired) electrons. The Morgan fingerprint density at radius 2 is 2.00 bits per heavy atom. The third kappa shape index (κ3) is 0.983. The van der Waals surface area contributed by atoms with E-state index < -0.39 is 0 Å². The minimum Gasteiger partial charge on any atom is -0.314 e. The van der Waals surface area contributed by atoms with Crippen molar-refractivity contribution >= 4 is 0 Å². The lowest BCUT2D eigenvalue weighted by Gasteiger charge is -2.35. The molecule has 2 aliphatic rings. The molecule has 1 aliphatic carbocycles. The van der Waals surface area contributed by atoms with Gasteiger partial charge in [0.05, 0.1) is 0 Å². The first-order chi connectivity index (χ1) is 4.47. The predicted molar refractivity (Wildman–Crippen MR) is 38.4 cm³/mol. The summed E-state index contributed by atoms with van der Waals surface area (Å²) in [5.74, 6) is 1.06. The number of nitrogens with one attached hydrogen (secondary N) is 1. The molecular formula is C8H15N. The van der Waals surface area contributed by atoms with Gasteiger partial charge in [0.2, 0.25) is 0 Å². The SMILES string of the molecule is C1CCC2CCC2NC1. The Bertz CT molecular complexity index is 88.7. The van der Waals surface area contributed by atoms with Crippen LogP contribution in [-0.2, 0) is 0 Å². The van der Waals surface area contributed by atoms with Gasteiger partial charge < -0.3 is 5.32 Å². The number of hydrogen-bond donors (Lipinski definition) is 1. The van der Waals surface area contributed by atoms with Crippen LogP contribution in [0.15, 0.2) is 0 Å². The van der Waals surface area contributed by atoms with E-state index in [4.69, 9.17) is 0 Å². The molecule has 0 aromatic carbocycles. The Morgan fingerprint density at radius 1 is 1.00 bits per heavy atom. The second-order valence-electron chi connectivity index (χ2n) is 3.39. The minimum absolute atomic E-state index is 0.924. The fourth-order valence-corrected chi connectivity index (χ4v) is 2.00. The van der Waals surface area contributed by atoms with E-state index in [9.17, 15) is 0 Å². The van der Waals surface area contributed by atoms with Crippen molar-refractivity contribution in [2.75, 3.05) is 6.54 Å². The third-order valence-corrected chi connectivity index (χ3v) is 2.83. The fourth-order valence-electron chi connectivity index (χ4n) is 2.00. The van der Waals surface area contributed by atoms with Crippen LogP contribution in [0.25, 0.3) is 0 Å². The van der Waals surface area contributed by atoms with Gasteiger partial charge in [-0.1, -0.05) is 6.42 Å². The molecule has 0 spiro atoms. The van der Waals surface area contributed by atoms with Crippen LogP contribution in [0.4, 0.5) is 0 Å². The molecule has 0 aromatic heterocycles. The predicted octanol–water partition coefficient (Wildman–Crippen LogP) is 1.54. The Morgan fingerprint density at radius 3 is 2.78 bits per heavy atom. The first kappa shape index (κ1) is 5.72. The van der Waals surface area contributed by atoms with Gasteiger partial charge in [-0.3, -0.25) is 0 Å². The van der Waals surface area contributed by atoms with E-state index in [1.54, 1.807) is 0 Å². The van der Waals surface area contributed by atoms with Crippen molar-refractivity contribution < 1.29 is 0 Å². The highest BCUT2D eigenvalue weighted by molar-refractivity contribution is 4.88. The number of rotatable bonds is 0. The average molecular weight is 125 g/mol. The van der Waals surface area contributed by atoms with Gasteiger partial charge in [-0.15, -0.1) is 0 Å². The molecule has 52 valence electrons. The van der Waals surface area contributed by atoms with Crippen molar-refractivity contribution in [2.45, 2.75) is 38.1 Å². The van der Waals surface area contributed by atoms with Gasteiger partial charge in [0.25, 0.3) is 0 Å². The Labute approximate surface area is 56.8 Å². The Hall–Kier alpha value is -0.0400. The summed E-state index contributed by atoms with van der Waals surface area (Å²) in [6.07, 6.45) is 7.32. The van der Waals surface area contributed by atoms with Crippen LogP contribution in [0.2, 0.25) is 0 Å². The van der Waals surface area contributed by atoms with Crippen LogP contribution in [0.1, 0.15) is 32.1 Å². The van der Waals surface area contributed by atoms with Gasteiger partial charge in [-0.2, -0.15) is 0 Å². The second kappa shape index (κ2) is 2.30. The monoisotopic (exact) mass is 125 g/mol. The van der Waals surface area contributed by atoms with Crippen LogP contribution >= 0.6 is 0 Å². The van der Waals surface area contributed by atoms with Gasteiger partial charge in [-0.25, -0.2) is 0 Å². The normalized spacial score (nSPS) is 42.7. The molecule has 1 nitrogen and oxygen atoms in total. The van der Waals surface area contributed by atoms with Crippen molar-refractivity contribution in [3.05, 3.63) is 0 Å². The number of fused-ring (bicyclic) bond motifs is 1. The summed E-state index contributed by atoms with van der Waals surface area (Å²) in [4.78, 5) is 0. The van der Waals surface area contributed by atoms with Gasteiger partial charge in [0, 0.05) is 6.04 Å². The van der Waals surface area contributed by atoms with Gasteiger partial charge in [-0.05, 0) is 38.1 Å². The summed E-state index contributed by atoms with van der Waals surface area (Å²) in [6, 6.07) is 0.924. The molecule has 9 heavy (non-hydrogen) atoms. The summed E-state index contributed by atoms with van der Waals surface area (Å²) in [6.45, 7) is 1.28. The number of hydrogen-bond acceptors (Lipinski definition) is 1. The summed E-state index contributed by atoms with van der Waals surface area (Å²) in [7, 11) is 0. The van der Waals surface area contributed by atoms with Crippen molar-refractivity contribution in [1.29, 1.82) is 0 Å². The molecular weight excluding hydrogens is 110 g/mol. The molecule has 2 fully saturated rings. The van der Waals surface area contributed by atoms with Crippen LogP contribution in [0.3, 0.4) is 0 Å². The zero-order valence-corrected chi connectivity index (χ0v) is 5.90. The summed E-state index contributed by atoms with van der Waals surface area (Å²) < 4.78 is 0. The zero-order valence-electron chi connectivity index (χ0n) is 5.90. The standard InChI is InChI=1S/C8H15N/c1-2-6-9-8-5-4-7(8)3-1/h7-9H,1-6H2. The molecule has 1 heteroatoms. The van der Waals surface area contributed by atoms with Gasteiger partial charge in [0.1, 0.15) is 0 Å². The Kier molecular flexibility index (Phi) is 1.46. The van der Waals surface area contributed by atoms with Crippen molar-refractivity contribution in [3.8, 4) is 0 Å². The molecule has 0 amide bonds. The van der Waals surface area contributed by atoms with E-state index in [1.807, 2.05) is 0 Å². The van der Waals surface area contributed by atoms with Crippen molar-refractivity contribution in [1.82, 2.24) is 5.32 Å². The maximum absolute atomic E-state index is 3.58. The van der Waals surface area contributed by atoms with Gasteiger partial charge in [0.15, 0.2) is 0 Å². The molecule has 1 heterocycles. The highest BCUT2D eigenvalue weighted by Gasteiger charge is 2.30. The minimum atomic E-state index is 0.924. The van der Waals surface area contributed by atoms with Crippen molar-refractivity contribution in [2.24, 2.45) is 5.92 Å². The lowest BCUT2D eigenvalue weighted by molar-refractivity contribution is 0.215. The highest BCUT2D eigenvalue weighted by atomic mass is 14.9. The molecule has 2 unspecified atom stereocenters. The lowest BCUT2D eigenvalue weighted by Crippen LogP contribution is -2.42. The van der Waals surface area contributed by atoms with E-state index >= 15 is 0 Å². The van der Waals surface area contributed by atoms with Crippen LogP contribution < -0.4 is 5.32 Å². The summed E-state index contributed by atoms with van der Waals surface area (Å²) in [5, 5.41) is 3.58. The fraction of sp³-hybridized carbons (Fsp3) is 1.00. The van der Waals surface area contributed by atoms with Crippen LogP contribution in [0.5, 0.6) is 0 Å². The van der Waals surface area contributed by atoms with Crippen LogP contribution in [0, 0.1) is 5.92 Å².